The summed E-state index contributed by atoms with van der Waals surface area (Å²) >= 11 is 5.72. The van der Waals surface area contributed by atoms with Crippen LogP contribution in [0.25, 0.3) is 0 Å². The van der Waals surface area contributed by atoms with Crippen LogP contribution in [0.15, 0.2) is 43.2 Å². The number of nitrogens with one attached hydrogen (secondary N) is 2. The van der Waals surface area contributed by atoms with Gasteiger partial charge in [-0.1, -0.05) is 11.6 Å². The van der Waals surface area contributed by atoms with Crippen LogP contribution in [0.5, 0.6) is 0 Å². The van der Waals surface area contributed by atoms with Crippen molar-refractivity contribution in [2.24, 2.45) is 0 Å². The van der Waals surface area contributed by atoms with Crippen molar-refractivity contribution in [3.8, 4) is 0 Å². The van der Waals surface area contributed by atoms with Gasteiger partial charge in [0.15, 0.2) is 11.5 Å². The minimum absolute atomic E-state index is 0.253. The van der Waals surface area contributed by atoms with Gasteiger partial charge in [-0.2, -0.15) is 0 Å². The number of anilines is 3. The minimum Gasteiger partial charge on any atom is -0.351 e. The average Bonchev–Trinajstić information content (AvgIpc) is 3.50. The fourth-order valence-corrected chi connectivity index (χ4v) is 2.52. The molecule has 0 unspecified atom stereocenters. The molecule has 1 aliphatic rings. The molecule has 0 aromatic carbocycles. The molecule has 1 amide bonds. The van der Waals surface area contributed by atoms with Crippen molar-refractivity contribution >= 4 is 34.7 Å². The van der Waals surface area contributed by atoms with Crippen molar-refractivity contribution in [2.45, 2.75) is 18.8 Å². The highest BCUT2D eigenvalue weighted by molar-refractivity contribution is 6.29. The zero-order valence-electron chi connectivity index (χ0n) is 13.6. The lowest BCUT2D eigenvalue weighted by molar-refractivity contribution is 0.102. The second kappa shape index (κ2) is 7.01. The van der Waals surface area contributed by atoms with E-state index < -0.39 is 0 Å². The second-order valence-corrected chi connectivity index (χ2v) is 6.22. The molecular weight excluding hydrogens is 354 g/mol. The van der Waals surface area contributed by atoms with Crippen LogP contribution < -0.4 is 10.6 Å². The third-order valence-corrected chi connectivity index (χ3v) is 4.02. The second-order valence-electron chi connectivity index (χ2n) is 5.84. The van der Waals surface area contributed by atoms with Crippen LogP contribution in [-0.2, 0) is 0 Å². The molecule has 0 bridgehead atoms. The Morgan fingerprint density at radius 3 is 2.58 bits per heavy atom. The van der Waals surface area contributed by atoms with Gasteiger partial charge in [0.2, 0.25) is 0 Å². The van der Waals surface area contributed by atoms with Gasteiger partial charge < -0.3 is 10.6 Å². The number of rotatable bonds is 5. The van der Waals surface area contributed by atoms with Crippen LogP contribution >= 0.6 is 11.6 Å². The first-order valence-electron chi connectivity index (χ1n) is 8.01. The standard InChI is InChI=1S/C17H14ClN7O/c18-14-7-22-15(8-21-14)25-17(26)16-13(23-11-5-19-9-20-6-11)4-3-12(24-16)10-1-2-10/h3-10,23H,1-2H2,(H,22,25,26). The lowest BCUT2D eigenvalue weighted by Crippen LogP contribution is -2.17. The topological polar surface area (TPSA) is 106 Å². The van der Waals surface area contributed by atoms with Gasteiger partial charge in [0.1, 0.15) is 11.5 Å². The molecule has 3 aromatic rings. The van der Waals surface area contributed by atoms with Gasteiger partial charge >= 0.3 is 0 Å². The van der Waals surface area contributed by atoms with Crippen molar-refractivity contribution in [3.63, 3.8) is 0 Å². The molecule has 0 aliphatic heterocycles. The number of carbonyl (C=O) groups excluding carboxylic acids is 1. The summed E-state index contributed by atoms with van der Waals surface area (Å²) in [6.07, 6.45) is 9.62. The van der Waals surface area contributed by atoms with Crippen LogP contribution in [-0.4, -0.2) is 30.8 Å². The Balaban J connectivity index is 1.63. The van der Waals surface area contributed by atoms with Crippen LogP contribution in [0.4, 0.5) is 17.2 Å². The van der Waals surface area contributed by atoms with Crippen LogP contribution in [0, 0.1) is 0 Å². The lowest BCUT2D eigenvalue weighted by atomic mass is 10.2. The van der Waals surface area contributed by atoms with Crippen LogP contribution in [0.3, 0.4) is 0 Å². The Labute approximate surface area is 154 Å². The number of halogens is 1. The Bertz CT molecular complexity index is 930. The first-order valence-corrected chi connectivity index (χ1v) is 8.39. The highest BCUT2D eigenvalue weighted by Gasteiger charge is 2.27. The van der Waals surface area contributed by atoms with Crippen LogP contribution in [0.1, 0.15) is 34.9 Å². The quantitative estimate of drug-likeness (QED) is 0.713. The van der Waals surface area contributed by atoms with Gasteiger partial charge in [-0.15, -0.1) is 0 Å². The third-order valence-electron chi connectivity index (χ3n) is 3.83. The maximum absolute atomic E-state index is 12.8. The van der Waals surface area contributed by atoms with Gasteiger partial charge in [0, 0.05) is 11.6 Å². The molecule has 0 atom stereocenters. The third kappa shape index (κ3) is 3.75. The lowest BCUT2D eigenvalue weighted by Gasteiger charge is -2.12. The molecule has 4 rings (SSSR count). The van der Waals surface area contributed by atoms with Crippen molar-refractivity contribution in [1.82, 2.24) is 24.9 Å². The van der Waals surface area contributed by atoms with Crippen molar-refractivity contribution in [2.75, 3.05) is 10.6 Å². The Morgan fingerprint density at radius 1 is 1.08 bits per heavy atom. The molecule has 3 heterocycles. The number of amides is 1. The van der Waals surface area contributed by atoms with E-state index >= 15 is 0 Å². The molecule has 2 N–H and O–H groups in total. The van der Waals surface area contributed by atoms with Gasteiger partial charge in [0.05, 0.1) is 36.2 Å². The van der Waals surface area contributed by atoms with E-state index in [9.17, 15) is 4.79 Å². The van der Waals surface area contributed by atoms with Gasteiger partial charge in [-0.05, 0) is 25.0 Å². The summed E-state index contributed by atoms with van der Waals surface area (Å²) in [6.45, 7) is 0. The molecule has 1 saturated carbocycles. The number of hydrogen-bond acceptors (Lipinski definition) is 7. The molecular formula is C17H14ClN7O. The van der Waals surface area contributed by atoms with Crippen molar-refractivity contribution < 1.29 is 4.79 Å². The first kappa shape index (κ1) is 16.3. The van der Waals surface area contributed by atoms with E-state index in [0.717, 1.165) is 18.5 Å². The van der Waals surface area contributed by atoms with Gasteiger partial charge in [-0.3, -0.25) is 4.79 Å². The molecule has 130 valence electrons. The average molecular weight is 368 g/mol. The number of carbonyl (C=O) groups is 1. The Morgan fingerprint density at radius 2 is 1.88 bits per heavy atom. The molecule has 1 fully saturated rings. The Kier molecular flexibility index (Phi) is 4.40. The van der Waals surface area contributed by atoms with Gasteiger partial charge in [-0.25, -0.2) is 24.9 Å². The van der Waals surface area contributed by atoms with Crippen LogP contribution in [0.2, 0.25) is 5.15 Å². The molecule has 0 spiro atoms. The maximum atomic E-state index is 12.8. The minimum atomic E-state index is -0.386. The molecule has 9 heteroatoms. The van der Waals surface area contributed by atoms with Crippen molar-refractivity contribution in [3.05, 3.63) is 59.8 Å². The van der Waals surface area contributed by atoms with E-state index in [1.54, 1.807) is 12.4 Å². The molecule has 3 aromatic heterocycles. The predicted molar refractivity (Wildman–Crippen MR) is 96.5 cm³/mol. The summed E-state index contributed by atoms with van der Waals surface area (Å²) in [4.78, 5) is 33.2. The van der Waals surface area contributed by atoms with E-state index in [1.165, 1.54) is 18.7 Å². The maximum Gasteiger partial charge on any atom is 0.277 e. The molecule has 8 nitrogen and oxygen atoms in total. The fraction of sp³-hybridized carbons (Fsp3) is 0.176. The van der Waals surface area contributed by atoms with Gasteiger partial charge in [0.25, 0.3) is 5.91 Å². The number of pyridine rings is 1. The number of nitrogens with zero attached hydrogens (tertiary/aromatic N) is 5. The van der Waals surface area contributed by atoms with E-state index in [1.807, 2.05) is 12.1 Å². The SMILES string of the molecule is O=C(Nc1cnc(Cl)cn1)c1nc(C2CC2)ccc1Nc1cncnc1. The Hall–Kier alpha value is -3.13. The smallest absolute Gasteiger partial charge is 0.277 e. The molecule has 1 aliphatic carbocycles. The summed E-state index contributed by atoms with van der Waals surface area (Å²) in [7, 11) is 0. The zero-order valence-corrected chi connectivity index (χ0v) is 14.3. The summed E-state index contributed by atoms with van der Waals surface area (Å²) in [5, 5.41) is 6.08. The zero-order chi connectivity index (χ0) is 17.9. The van der Waals surface area contributed by atoms with E-state index in [-0.39, 0.29) is 16.8 Å². The monoisotopic (exact) mass is 367 g/mol. The van der Waals surface area contributed by atoms with E-state index in [0.29, 0.717) is 23.1 Å². The summed E-state index contributed by atoms with van der Waals surface area (Å²) in [5.41, 5.74) is 2.40. The molecule has 0 saturated heterocycles. The number of aromatic nitrogens is 5. The van der Waals surface area contributed by atoms with E-state index in [2.05, 4.69) is 35.6 Å². The molecule has 0 radical (unpaired) electrons. The van der Waals surface area contributed by atoms with Crippen molar-refractivity contribution in [1.29, 1.82) is 0 Å². The largest absolute Gasteiger partial charge is 0.351 e. The first-order chi connectivity index (χ1) is 12.7. The summed E-state index contributed by atoms with van der Waals surface area (Å²) in [5.74, 6) is 0.335. The highest BCUT2D eigenvalue weighted by Crippen LogP contribution is 2.39. The highest BCUT2D eigenvalue weighted by atomic mass is 35.5. The predicted octanol–water partition coefficient (Wildman–Crippen LogP) is 3.19. The molecule has 26 heavy (non-hydrogen) atoms. The summed E-state index contributed by atoms with van der Waals surface area (Å²) < 4.78 is 0. The normalized spacial score (nSPS) is 13.3. The summed E-state index contributed by atoms with van der Waals surface area (Å²) in [6, 6.07) is 3.78. The number of hydrogen-bond donors (Lipinski definition) is 2. The fourth-order valence-electron chi connectivity index (χ4n) is 2.43. The van der Waals surface area contributed by atoms with E-state index in [4.69, 9.17) is 11.6 Å².